The second kappa shape index (κ2) is 9.92. The van der Waals surface area contributed by atoms with Gasteiger partial charge in [0, 0.05) is 43.9 Å². The van der Waals surface area contributed by atoms with Crippen LogP contribution < -0.4 is 15.0 Å². The van der Waals surface area contributed by atoms with Crippen molar-refractivity contribution in [3.8, 4) is 5.75 Å². The summed E-state index contributed by atoms with van der Waals surface area (Å²) in [5.74, 6) is 0.118. The average Bonchev–Trinajstić information content (AvgIpc) is 2.79. The van der Waals surface area contributed by atoms with E-state index < -0.39 is 16.9 Å². The molecule has 1 aliphatic heterocycles. The van der Waals surface area contributed by atoms with E-state index in [2.05, 4.69) is 10.2 Å². The minimum Gasteiger partial charge on any atom is -0.492 e. The van der Waals surface area contributed by atoms with Crippen molar-refractivity contribution >= 4 is 23.2 Å². The van der Waals surface area contributed by atoms with Crippen molar-refractivity contribution in [2.45, 2.75) is 19.9 Å². The Morgan fingerprint density at radius 2 is 1.84 bits per heavy atom. The molecule has 2 amide bonds. The summed E-state index contributed by atoms with van der Waals surface area (Å²) in [6.07, 6.45) is 0. The number of non-ortho nitro benzene ring substituents is 1. The second-order valence-corrected chi connectivity index (χ2v) is 7.22. The van der Waals surface area contributed by atoms with E-state index in [1.54, 1.807) is 11.8 Å². The number of ether oxygens (including phenoxy) is 1. The molecule has 164 valence electrons. The molecule has 1 aliphatic rings. The Hall–Kier alpha value is -3.62. The first kappa shape index (κ1) is 22.1. The van der Waals surface area contributed by atoms with Crippen molar-refractivity contribution in [1.29, 1.82) is 0 Å². The van der Waals surface area contributed by atoms with Crippen LogP contribution in [-0.2, 0) is 4.79 Å². The van der Waals surface area contributed by atoms with E-state index in [4.69, 9.17) is 4.74 Å². The Balaban J connectivity index is 1.57. The largest absolute Gasteiger partial charge is 0.492 e. The first-order chi connectivity index (χ1) is 14.9. The summed E-state index contributed by atoms with van der Waals surface area (Å²) in [6.45, 7) is 6.50. The Labute approximate surface area is 180 Å². The van der Waals surface area contributed by atoms with Crippen LogP contribution >= 0.6 is 0 Å². The molecule has 9 heteroatoms. The van der Waals surface area contributed by atoms with Crippen LogP contribution in [0.15, 0.2) is 48.5 Å². The molecular formula is C22H26N4O5. The lowest BCUT2D eigenvalue weighted by atomic mass is 10.1. The molecule has 1 unspecified atom stereocenters. The summed E-state index contributed by atoms with van der Waals surface area (Å²) < 4.78 is 5.70. The number of nitrogens with one attached hydrogen (secondary N) is 1. The molecule has 0 aliphatic carbocycles. The second-order valence-electron chi connectivity index (χ2n) is 7.22. The number of hydrogen-bond acceptors (Lipinski definition) is 6. The number of anilines is 1. The summed E-state index contributed by atoms with van der Waals surface area (Å²) in [6, 6.07) is 12.5. The highest BCUT2D eigenvalue weighted by molar-refractivity contribution is 5.97. The van der Waals surface area contributed by atoms with Crippen LogP contribution in [0.25, 0.3) is 0 Å². The van der Waals surface area contributed by atoms with E-state index >= 15 is 0 Å². The van der Waals surface area contributed by atoms with Gasteiger partial charge in [0.15, 0.2) is 0 Å². The molecule has 1 atom stereocenters. The Morgan fingerprint density at radius 3 is 2.52 bits per heavy atom. The number of piperazine rings is 1. The van der Waals surface area contributed by atoms with Crippen molar-refractivity contribution in [3.63, 3.8) is 0 Å². The summed E-state index contributed by atoms with van der Waals surface area (Å²) >= 11 is 0. The quantitative estimate of drug-likeness (QED) is 0.539. The number of hydrogen-bond donors (Lipinski definition) is 1. The first-order valence-corrected chi connectivity index (χ1v) is 10.2. The van der Waals surface area contributed by atoms with Crippen LogP contribution in [0.3, 0.4) is 0 Å². The van der Waals surface area contributed by atoms with Gasteiger partial charge in [-0.1, -0.05) is 18.2 Å². The summed E-state index contributed by atoms with van der Waals surface area (Å²) in [5, 5.41) is 13.5. The van der Waals surface area contributed by atoms with E-state index in [0.29, 0.717) is 32.8 Å². The summed E-state index contributed by atoms with van der Waals surface area (Å²) in [5.41, 5.74) is 0.977. The third-order valence-corrected chi connectivity index (χ3v) is 5.13. The molecular weight excluding hydrogens is 400 g/mol. The third kappa shape index (κ3) is 5.30. The Kier molecular flexibility index (Phi) is 7.07. The molecule has 0 saturated carbocycles. The number of carbonyl (C=O) groups excluding carboxylic acids is 2. The van der Waals surface area contributed by atoms with Gasteiger partial charge in [-0.3, -0.25) is 19.7 Å². The maximum atomic E-state index is 12.8. The van der Waals surface area contributed by atoms with Gasteiger partial charge < -0.3 is 19.9 Å². The monoisotopic (exact) mass is 426 g/mol. The Morgan fingerprint density at radius 1 is 1.13 bits per heavy atom. The van der Waals surface area contributed by atoms with Gasteiger partial charge in [-0.15, -0.1) is 0 Å². The normalized spacial score (nSPS) is 14.6. The fourth-order valence-electron chi connectivity index (χ4n) is 3.54. The maximum Gasteiger partial charge on any atom is 0.270 e. The summed E-state index contributed by atoms with van der Waals surface area (Å²) in [7, 11) is 0. The minimum absolute atomic E-state index is 0.145. The van der Waals surface area contributed by atoms with Crippen LogP contribution in [0, 0.1) is 10.1 Å². The van der Waals surface area contributed by atoms with Gasteiger partial charge in [0.1, 0.15) is 11.8 Å². The number of amides is 2. The van der Waals surface area contributed by atoms with Crippen molar-refractivity contribution in [1.82, 2.24) is 10.2 Å². The topological polar surface area (TPSA) is 105 Å². The summed E-state index contributed by atoms with van der Waals surface area (Å²) in [4.78, 5) is 39.5. The first-order valence-electron chi connectivity index (χ1n) is 10.2. The van der Waals surface area contributed by atoms with E-state index in [1.165, 1.54) is 24.3 Å². The van der Waals surface area contributed by atoms with Crippen molar-refractivity contribution in [2.75, 3.05) is 37.7 Å². The van der Waals surface area contributed by atoms with Crippen LogP contribution in [0.4, 0.5) is 11.4 Å². The van der Waals surface area contributed by atoms with Gasteiger partial charge in [0.25, 0.3) is 11.6 Å². The maximum absolute atomic E-state index is 12.8. The van der Waals surface area contributed by atoms with Crippen LogP contribution in [-0.4, -0.2) is 60.5 Å². The molecule has 1 N–H and O–H groups in total. The molecule has 2 aromatic carbocycles. The molecule has 1 saturated heterocycles. The highest BCUT2D eigenvalue weighted by Gasteiger charge is 2.27. The number of carbonyl (C=O) groups is 2. The minimum atomic E-state index is -0.742. The molecule has 9 nitrogen and oxygen atoms in total. The lowest BCUT2D eigenvalue weighted by Crippen LogP contribution is -2.54. The number of nitro benzene ring substituents is 1. The van der Waals surface area contributed by atoms with Gasteiger partial charge in [0.05, 0.1) is 17.2 Å². The molecule has 0 aromatic heterocycles. The van der Waals surface area contributed by atoms with Gasteiger partial charge in [-0.2, -0.15) is 0 Å². The number of nitrogens with zero attached hydrogens (tertiary/aromatic N) is 3. The van der Waals surface area contributed by atoms with Crippen molar-refractivity contribution in [3.05, 3.63) is 64.2 Å². The molecule has 2 aromatic rings. The average molecular weight is 426 g/mol. The molecule has 1 fully saturated rings. The number of nitro groups is 1. The number of rotatable bonds is 7. The smallest absolute Gasteiger partial charge is 0.270 e. The molecule has 0 radical (unpaired) electrons. The number of benzene rings is 2. The predicted molar refractivity (Wildman–Crippen MR) is 116 cm³/mol. The predicted octanol–water partition coefficient (Wildman–Crippen LogP) is 2.46. The zero-order valence-electron chi connectivity index (χ0n) is 17.6. The third-order valence-electron chi connectivity index (χ3n) is 5.13. The van der Waals surface area contributed by atoms with Gasteiger partial charge in [0.2, 0.25) is 5.91 Å². The molecule has 0 bridgehead atoms. The highest BCUT2D eigenvalue weighted by atomic mass is 16.6. The Bertz CT molecular complexity index is 956. The van der Waals surface area contributed by atoms with Crippen molar-refractivity contribution in [2.24, 2.45) is 0 Å². The molecule has 1 heterocycles. The molecule has 0 spiro atoms. The van der Waals surface area contributed by atoms with Gasteiger partial charge >= 0.3 is 0 Å². The lowest BCUT2D eigenvalue weighted by molar-refractivity contribution is -0.384. The molecule has 3 rings (SSSR count). The molecule has 31 heavy (non-hydrogen) atoms. The van der Waals surface area contributed by atoms with E-state index in [9.17, 15) is 19.7 Å². The van der Waals surface area contributed by atoms with E-state index in [1.807, 2.05) is 31.2 Å². The zero-order chi connectivity index (χ0) is 22.4. The van der Waals surface area contributed by atoms with Crippen LogP contribution in [0.2, 0.25) is 0 Å². The van der Waals surface area contributed by atoms with Crippen LogP contribution in [0.5, 0.6) is 5.75 Å². The fourth-order valence-corrected chi connectivity index (χ4v) is 3.54. The van der Waals surface area contributed by atoms with Crippen molar-refractivity contribution < 1.29 is 19.2 Å². The zero-order valence-corrected chi connectivity index (χ0v) is 17.6. The van der Waals surface area contributed by atoms with E-state index in [-0.39, 0.29) is 17.2 Å². The van der Waals surface area contributed by atoms with Crippen LogP contribution in [0.1, 0.15) is 24.2 Å². The fraction of sp³-hybridized carbons (Fsp3) is 0.364. The van der Waals surface area contributed by atoms with Gasteiger partial charge in [-0.05, 0) is 32.0 Å². The SMILES string of the molecule is CCOc1ccccc1N1CCN(C(=O)C(C)NC(=O)c2cccc([N+](=O)[O-])c2)CC1. The highest BCUT2D eigenvalue weighted by Crippen LogP contribution is 2.28. The van der Waals surface area contributed by atoms with E-state index in [0.717, 1.165) is 11.4 Å². The standard InChI is InChI=1S/C22H26N4O5/c1-3-31-20-10-5-4-9-19(20)24-11-13-25(14-12-24)22(28)16(2)23-21(27)17-7-6-8-18(15-17)26(29)30/h4-10,15-16H,3,11-14H2,1-2H3,(H,23,27). The lowest BCUT2D eigenvalue weighted by Gasteiger charge is -2.37. The number of para-hydroxylation sites is 2. The van der Waals surface area contributed by atoms with Gasteiger partial charge in [-0.25, -0.2) is 0 Å².